The predicted octanol–water partition coefficient (Wildman–Crippen LogP) is 2.94. The van der Waals surface area contributed by atoms with E-state index in [2.05, 4.69) is 0 Å². The Morgan fingerprint density at radius 2 is 1.67 bits per heavy atom. The smallest absolute Gasteiger partial charge is 0.224 e. The summed E-state index contributed by atoms with van der Waals surface area (Å²) in [6.07, 6.45) is 4.70. The maximum Gasteiger partial charge on any atom is 0.224 e. The maximum absolute atomic E-state index is 10.8. The number of carbonyl (C=O) groups is 2. The molecule has 0 bridgehead atoms. The van der Waals surface area contributed by atoms with Crippen molar-refractivity contribution in [2.24, 2.45) is 5.92 Å². The van der Waals surface area contributed by atoms with E-state index in [1.165, 1.54) is 8.84 Å². The van der Waals surface area contributed by atoms with Gasteiger partial charge in [0.1, 0.15) is 0 Å². The van der Waals surface area contributed by atoms with E-state index < -0.39 is 0 Å². The van der Waals surface area contributed by atoms with Crippen LogP contribution in [0.4, 0.5) is 0 Å². The van der Waals surface area contributed by atoms with Crippen LogP contribution in [0.5, 0.6) is 0 Å². The van der Waals surface area contributed by atoms with Crippen molar-refractivity contribution in [2.45, 2.75) is 57.5 Å². The van der Waals surface area contributed by atoms with Crippen LogP contribution in [0.1, 0.15) is 46.5 Å². The number of carbonyl (C=O) groups excluding carboxylic acids is 2. The summed E-state index contributed by atoms with van der Waals surface area (Å²) in [5.41, 5.74) is -0.683. The van der Waals surface area contributed by atoms with Crippen LogP contribution in [0.3, 0.4) is 0 Å². The van der Waals surface area contributed by atoms with Gasteiger partial charge in [0.2, 0.25) is 12.8 Å². The average molecular weight is 295 g/mol. The molecule has 104 valence electrons. The zero-order valence-electron chi connectivity index (χ0n) is 11.0. The third-order valence-electron chi connectivity index (χ3n) is 4.31. The molecule has 0 unspecified atom stereocenters. The van der Waals surface area contributed by atoms with Gasteiger partial charge in [-0.3, -0.25) is 18.4 Å². The minimum absolute atomic E-state index is 0.297. The molecule has 4 nitrogen and oxygen atoms in total. The summed E-state index contributed by atoms with van der Waals surface area (Å²) >= 11 is 11.8. The Bertz CT molecular complexity index is 315. The molecule has 1 aliphatic rings. The molecule has 1 fully saturated rings. The molecule has 1 saturated carbocycles. The molecule has 0 aromatic carbocycles. The highest BCUT2D eigenvalue weighted by Gasteiger charge is 2.42. The normalized spacial score (nSPS) is 28.6. The lowest BCUT2D eigenvalue weighted by atomic mass is 9.70. The number of hydrogen-bond acceptors (Lipinski definition) is 2. The molecular weight excluding hydrogens is 275 g/mol. The average Bonchev–Trinajstić information content (AvgIpc) is 2.37. The van der Waals surface area contributed by atoms with E-state index in [1.807, 2.05) is 20.8 Å². The standard InChI is InChI=1S/C12H20Cl2N2O2/c1-11(2,15(13)8-17)10-4-6-12(3,7-5-10)16(14)9-18/h8-10H,4-7H2,1-3H3. The first-order valence-corrected chi connectivity index (χ1v) is 6.76. The quantitative estimate of drug-likeness (QED) is 0.578. The molecule has 0 saturated heterocycles. The van der Waals surface area contributed by atoms with E-state index >= 15 is 0 Å². The molecule has 0 aromatic heterocycles. The van der Waals surface area contributed by atoms with Crippen molar-refractivity contribution in [3.05, 3.63) is 0 Å². The van der Waals surface area contributed by atoms with E-state index in [-0.39, 0.29) is 11.1 Å². The van der Waals surface area contributed by atoms with Gasteiger partial charge >= 0.3 is 0 Å². The molecule has 0 heterocycles. The first kappa shape index (κ1) is 15.6. The fraction of sp³-hybridized carbons (Fsp3) is 0.833. The highest BCUT2D eigenvalue weighted by atomic mass is 35.5. The number of rotatable bonds is 5. The molecule has 1 rings (SSSR count). The molecule has 0 spiro atoms. The first-order valence-electron chi connectivity index (χ1n) is 6.09. The highest BCUT2D eigenvalue weighted by Crippen LogP contribution is 2.42. The van der Waals surface area contributed by atoms with Gasteiger partial charge in [-0.1, -0.05) is 0 Å². The zero-order valence-corrected chi connectivity index (χ0v) is 12.5. The van der Waals surface area contributed by atoms with Crippen LogP contribution in [0.25, 0.3) is 0 Å². The summed E-state index contributed by atoms with van der Waals surface area (Å²) in [5.74, 6) is 0.310. The molecule has 1 aliphatic carbocycles. The van der Waals surface area contributed by atoms with Gasteiger partial charge in [0.15, 0.2) is 0 Å². The van der Waals surface area contributed by atoms with Gasteiger partial charge in [-0.25, -0.2) is 0 Å². The van der Waals surface area contributed by atoms with Crippen molar-refractivity contribution in [1.29, 1.82) is 0 Å². The fourth-order valence-electron chi connectivity index (χ4n) is 2.60. The van der Waals surface area contributed by atoms with Gasteiger partial charge in [-0.15, -0.1) is 0 Å². The van der Waals surface area contributed by atoms with Gasteiger partial charge in [0.25, 0.3) is 0 Å². The van der Waals surface area contributed by atoms with Crippen LogP contribution in [-0.4, -0.2) is 32.7 Å². The lowest BCUT2D eigenvalue weighted by Crippen LogP contribution is -2.50. The summed E-state index contributed by atoms with van der Waals surface area (Å²) in [5, 5.41) is 0. The summed E-state index contributed by atoms with van der Waals surface area (Å²) < 4.78 is 2.44. The van der Waals surface area contributed by atoms with E-state index in [0.29, 0.717) is 18.7 Å². The monoisotopic (exact) mass is 294 g/mol. The zero-order chi connectivity index (χ0) is 14.0. The van der Waals surface area contributed by atoms with Gasteiger partial charge in [-0.2, -0.15) is 0 Å². The highest BCUT2D eigenvalue weighted by molar-refractivity contribution is 6.19. The largest absolute Gasteiger partial charge is 0.277 e. The fourth-order valence-corrected chi connectivity index (χ4v) is 2.90. The summed E-state index contributed by atoms with van der Waals surface area (Å²) in [6, 6.07) is 0. The Morgan fingerprint density at radius 3 is 2.06 bits per heavy atom. The number of amides is 2. The number of nitrogens with zero attached hydrogens (tertiary/aromatic N) is 2. The van der Waals surface area contributed by atoms with Crippen molar-refractivity contribution >= 4 is 36.4 Å². The minimum Gasteiger partial charge on any atom is -0.277 e. The van der Waals surface area contributed by atoms with Crippen molar-refractivity contribution in [1.82, 2.24) is 8.84 Å². The Kier molecular flexibility index (Phi) is 4.90. The molecule has 6 heteroatoms. The molecule has 0 radical (unpaired) electrons. The van der Waals surface area contributed by atoms with Crippen LogP contribution in [-0.2, 0) is 9.59 Å². The van der Waals surface area contributed by atoms with Crippen molar-refractivity contribution in [2.75, 3.05) is 0 Å². The van der Waals surface area contributed by atoms with E-state index in [4.69, 9.17) is 23.6 Å². The van der Waals surface area contributed by atoms with Gasteiger partial charge in [0, 0.05) is 23.6 Å². The molecule has 0 atom stereocenters. The lowest BCUT2D eigenvalue weighted by Gasteiger charge is -2.46. The van der Waals surface area contributed by atoms with Crippen molar-refractivity contribution in [3.63, 3.8) is 0 Å². The van der Waals surface area contributed by atoms with Gasteiger partial charge in [-0.05, 0) is 52.4 Å². The Morgan fingerprint density at radius 1 is 1.17 bits per heavy atom. The second kappa shape index (κ2) is 5.66. The third kappa shape index (κ3) is 2.91. The van der Waals surface area contributed by atoms with Gasteiger partial charge < -0.3 is 0 Å². The predicted molar refractivity (Wildman–Crippen MR) is 72.0 cm³/mol. The molecule has 18 heavy (non-hydrogen) atoms. The molecule has 0 N–H and O–H groups in total. The Hall–Kier alpha value is -0.480. The van der Waals surface area contributed by atoms with Crippen LogP contribution >= 0.6 is 23.6 Å². The van der Waals surface area contributed by atoms with Crippen LogP contribution < -0.4 is 0 Å². The second-order valence-electron chi connectivity index (χ2n) is 5.76. The second-order valence-corrected chi connectivity index (χ2v) is 6.49. The summed E-state index contributed by atoms with van der Waals surface area (Å²) in [7, 11) is 0. The van der Waals surface area contributed by atoms with E-state index in [0.717, 1.165) is 25.7 Å². The Balaban J connectivity index is 2.69. The van der Waals surface area contributed by atoms with Crippen molar-refractivity contribution < 1.29 is 9.59 Å². The summed E-state index contributed by atoms with van der Waals surface area (Å²) in [6.45, 7) is 5.90. The van der Waals surface area contributed by atoms with E-state index in [9.17, 15) is 9.59 Å². The molecular formula is C12H20Cl2N2O2. The molecule has 0 aliphatic heterocycles. The SMILES string of the molecule is CC1(N(Cl)C=O)CCC(C(C)(C)N(Cl)C=O)CC1. The summed E-state index contributed by atoms with van der Waals surface area (Å²) in [4.78, 5) is 21.6. The van der Waals surface area contributed by atoms with Crippen LogP contribution in [0, 0.1) is 5.92 Å². The van der Waals surface area contributed by atoms with Crippen molar-refractivity contribution in [3.8, 4) is 0 Å². The van der Waals surface area contributed by atoms with Crippen LogP contribution in [0.2, 0.25) is 0 Å². The lowest BCUT2D eigenvalue weighted by molar-refractivity contribution is -0.119. The molecule has 2 amide bonds. The topological polar surface area (TPSA) is 40.6 Å². The van der Waals surface area contributed by atoms with Crippen LogP contribution in [0.15, 0.2) is 0 Å². The van der Waals surface area contributed by atoms with E-state index in [1.54, 1.807) is 0 Å². The van der Waals surface area contributed by atoms with Gasteiger partial charge in [0.05, 0.1) is 11.1 Å². The number of hydrogen-bond donors (Lipinski definition) is 0. The maximum atomic E-state index is 10.8. The number of halogens is 2. The Labute approximate surface area is 118 Å². The minimum atomic E-state index is -0.386. The molecule has 0 aromatic rings. The first-order chi connectivity index (χ1) is 8.28. The third-order valence-corrected chi connectivity index (χ3v) is 5.32.